The van der Waals surface area contributed by atoms with E-state index in [0.717, 1.165) is 0 Å². The summed E-state index contributed by atoms with van der Waals surface area (Å²) in [7, 11) is 0. The van der Waals surface area contributed by atoms with E-state index in [1.807, 2.05) is 13.8 Å². The number of hydrogen-bond donors (Lipinski definition) is 2. The molecule has 0 aliphatic carbocycles. The van der Waals surface area contributed by atoms with Crippen LogP contribution in [0.5, 0.6) is 0 Å². The van der Waals surface area contributed by atoms with Crippen molar-refractivity contribution in [2.75, 3.05) is 0 Å². The number of aliphatic hydroxyl groups is 1. The topological polar surface area (TPSA) is 57.5 Å². The van der Waals surface area contributed by atoms with Gasteiger partial charge in [-0.05, 0) is 18.8 Å². The number of carbonyl (C=O) groups is 1. The first-order valence-electron chi connectivity index (χ1n) is 4.00. The van der Waals surface area contributed by atoms with E-state index in [1.165, 1.54) is 0 Å². The van der Waals surface area contributed by atoms with Gasteiger partial charge in [-0.25, -0.2) is 9.18 Å². The van der Waals surface area contributed by atoms with Gasteiger partial charge in [0.1, 0.15) is 0 Å². The Kier molecular flexibility index (Phi) is 4.81. The molecule has 2 N–H and O–H groups in total. The fourth-order valence-corrected chi connectivity index (χ4v) is 0.815. The smallest absolute Gasteiger partial charge is 0.341 e. The van der Waals surface area contributed by atoms with Crippen LogP contribution >= 0.6 is 0 Å². The monoisotopic (exact) mass is 178 g/mol. The van der Waals surface area contributed by atoms with Gasteiger partial charge in [0, 0.05) is 0 Å². The molecule has 4 heteroatoms. The van der Waals surface area contributed by atoms with Crippen molar-refractivity contribution in [3.63, 3.8) is 0 Å². The van der Waals surface area contributed by atoms with Crippen molar-refractivity contribution in [3.05, 3.63) is 0 Å². The molecule has 0 aromatic carbocycles. The van der Waals surface area contributed by atoms with Crippen molar-refractivity contribution >= 4 is 5.97 Å². The lowest BCUT2D eigenvalue weighted by Crippen LogP contribution is -2.29. The molecule has 72 valence electrons. The van der Waals surface area contributed by atoms with Gasteiger partial charge in [0.05, 0.1) is 6.10 Å². The fourth-order valence-electron chi connectivity index (χ4n) is 0.815. The molecular weight excluding hydrogens is 163 g/mol. The third-order valence-corrected chi connectivity index (χ3v) is 1.61. The maximum atomic E-state index is 12.5. The summed E-state index contributed by atoms with van der Waals surface area (Å²) >= 11 is 0. The minimum atomic E-state index is -2.15. The SMILES string of the molecule is CC(C)CCC(O)C(F)C(=O)O. The zero-order chi connectivity index (χ0) is 9.72. The Hall–Kier alpha value is -0.640. The molecule has 0 amide bonds. The predicted molar refractivity (Wildman–Crippen MR) is 42.6 cm³/mol. The highest BCUT2D eigenvalue weighted by molar-refractivity contribution is 5.72. The molecule has 0 rings (SSSR count). The minimum absolute atomic E-state index is 0.200. The number of halogens is 1. The average Bonchev–Trinajstić information content (AvgIpc) is 1.98. The molecule has 0 aliphatic heterocycles. The zero-order valence-electron chi connectivity index (χ0n) is 7.33. The second kappa shape index (κ2) is 5.09. The van der Waals surface area contributed by atoms with Crippen molar-refractivity contribution in [2.45, 2.75) is 39.0 Å². The van der Waals surface area contributed by atoms with Crippen LogP contribution in [0.4, 0.5) is 4.39 Å². The Morgan fingerprint density at radius 2 is 1.92 bits per heavy atom. The van der Waals surface area contributed by atoms with E-state index in [4.69, 9.17) is 10.2 Å². The minimum Gasteiger partial charge on any atom is -0.479 e. The standard InChI is InChI=1S/C8H15FO3/c1-5(2)3-4-6(10)7(9)8(11)12/h5-7,10H,3-4H2,1-2H3,(H,11,12). The summed E-state index contributed by atoms with van der Waals surface area (Å²) in [5.74, 6) is -1.24. The van der Waals surface area contributed by atoms with E-state index in [-0.39, 0.29) is 6.42 Å². The molecule has 0 aromatic rings. The van der Waals surface area contributed by atoms with E-state index in [9.17, 15) is 9.18 Å². The molecule has 0 aliphatic rings. The number of carboxylic acids is 1. The van der Waals surface area contributed by atoms with Gasteiger partial charge in [-0.2, -0.15) is 0 Å². The van der Waals surface area contributed by atoms with Crippen molar-refractivity contribution in [1.82, 2.24) is 0 Å². The molecule has 2 unspecified atom stereocenters. The molecule has 12 heavy (non-hydrogen) atoms. The van der Waals surface area contributed by atoms with E-state index >= 15 is 0 Å². The molecule has 0 spiro atoms. The van der Waals surface area contributed by atoms with E-state index in [2.05, 4.69) is 0 Å². The lowest BCUT2D eigenvalue weighted by Gasteiger charge is -2.12. The van der Waals surface area contributed by atoms with Gasteiger partial charge < -0.3 is 10.2 Å². The molecule has 2 atom stereocenters. The fraction of sp³-hybridized carbons (Fsp3) is 0.875. The molecule has 3 nitrogen and oxygen atoms in total. The molecule has 0 bridgehead atoms. The summed E-state index contributed by atoms with van der Waals surface area (Å²) in [5, 5.41) is 17.2. The van der Waals surface area contributed by atoms with Crippen molar-refractivity contribution in [2.24, 2.45) is 5.92 Å². The molecule has 0 saturated heterocycles. The van der Waals surface area contributed by atoms with Crippen LogP contribution in [0.25, 0.3) is 0 Å². The van der Waals surface area contributed by atoms with Gasteiger partial charge in [-0.3, -0.25) is 0 Å². The quantitative estimate of drug-likeness (QED) is 0.665. The van der Waals surface area contributed by atoms with Crippen LogP contribution in [0.1, 0.15) is 26.7 Å². The predicted octanol–water partition coefficient (Wildman–Crippen LogP) is 1.21. The van der Waals surface area contributed by atoms with Crippen molar-refractivity contribution < 1.29 is 19.4 Å². The van der Waals surface area contributed by atoms with Gasteiger partial charge in [-0.15, -0.1) is 0 Å². The van der Waals surface area contributed by atoms with Crippen molar-refractivity contribution in [1.29, 1.82) is 0 Å². The Balaban J connectivity index is 3.71. The second-order valence-electron chi connectivity index (χ2n) is 3.28. The van der Waals surface area contributed by atoms with Crippen LogP contribution in [0.15, 0.2) is 0 Å². The maximum absolute atomic E-state index is 12.5. The van der Waals surface area contributed by atoms with Crippen molar-refractivity contribution in [3.8, 4) is 0 Å². The van der Waals surface area contributed by atoms with E-state index < -0.39 is 18.2 Å². The summed E-state index contributed by atoms with van der Waals surface area (Å²) in [6.07, 6.45) is -2.69. The largest absolute Gasteiger partial charge is 0.479 e. The summed E-state index contributed by atoms with van der Waals surface area (Å²) in [4.78, 5) is 10.1. The summed E-state index contributed by atoms with van der Waals surface area (Å²) in [5.41, 5.74) is 0. The van der Waals surface area contributed by atoms with Crippen LogP contribution in [0.3, 0.4) is 0 Å². The Morgan fingerprint density at radius 3 is 2.25 bits per heavy atom. The lowest BCUT2D eigenvalue weighted by molar-refractivity contribution is -0.147. The number of rotatable bonds is 5. The zero-order valence-corrected chi connectivity index (χ0v) is 7.33. The highest BCUT2D eigenvalue weighted by atomic mass is 19.1. The van der Waals surface area contributed by atoms with Crippen LogP contribution in [0, 0.1) is 5.92 Å². The molecule has 0 radical (unpaired) electrons. The number of carboxylic acid groups (broad SMARTS) is 1. The molecular formula is C8H15FO3. The highest BCUT2D eigenvalue weighted by Gasteiger charge is 2.25. The van der Waals surface area contributed by atoms with Gasteiger partial charge >= 0.3 is 5.97 Å². The number of aliphatic hydroxyl groups excluding tert-OH is 1. The van der Waals surface area contributed by atoms with Gasteiger partial charge in [0.15, 0.2) is 0 Å². The Labute approximate surface area is 71.2 Å². The van der Waals surface area contributed by atoms with Gasteiger partial charge in [-0.1, -0.05) is 13.8 Å². The van der Waals surface area contributed by atoms with E-state index in [0.29, 0.717) is 12.3 Å². The molecule has 0 fully saturated rings. The van der Waals surface area contributed by atoms with Crippen LogP contribution in [0.2, 0.25) is 0 Å². The van der Waals surface area contributed by atoms with Crippen LogP contribution < -0.4 is 0 Å². The Morgan fingerprint density at radius 1 is 1.42 bits per heavy atom. The van der Waals surface area contributed by atoms with Gasteiger partial charge in [0.2, 0.25) is 6.17 Å². The first-order chi connectivity index (χ1) is 5.45. The number of aliphatic carboxylic acids is 1. The Bertz CT molecular complexity index is 147. The number of hydrogen-bond acceptors (Lipinski definition) is 2. The van der Waals surface area contributed by atoms with E-state index in [1.54, 1.807) is 0 Å². The summed E-state index contributed by atoms with van der Waals surface area (Å²) in [6.45, 7) is 3.86. The summed E-state index contributed by atoms with van der Waals surface area (Å²) in [6, 6.07) is 0. The second-order valence-corrected chi connectivity index (χ2v) is 3.28. The lowest BCUT2D eigenvalue weighted by atomic mass is 10.0. The first kappa shape index (κ1) is 11.4. The summed E-state index contributed by atoms with van der Waals surface area (Å²) < 4.78 is 12.5. The highest BCUT2D eigenvalue weighted by Crippen LogP contribution is 2.11. The average molecular weight is 178 g/mol. The first-order valence-corrected chi connectivity index (χ1v) is 4.00. The third kappa shape index (κ3) is 4.28. The van der Waals surface area contributed by atoms with Crippen LogP contribution in [-0.4, -0.2) is 28.5 Å². The third-order valence-electron chi connectivity index (χ3n) is 1.61. The number of alkyl halides is 1. The normalized spacial score (nSPS) is 16.1. The van der Waals surface area contributed by atoms with Gasteiger partial charge in [0.25, 0.3) is 0 Å². The maximum Gasteiger partial charge on any atom is 0.341 e. The molecule has 0 aromatic heterocycles. The van der Waals surface area contributed by atoms with Crippen LogP contribution in [-0.2, 0) is 4.79 Å². The molecule has 0 heterocycles. The molecule has 0 saturated carbocycles.